The van der Waals surface area contributed by atoms with Gasteiger partial charge in [0.1, 0.15) is 5.92 Å². The summed E-state index contributed by atoms with van der Waals surface area (Å²) in [7, 11) is 0. The van der Waals surface area contributed by atoms with Crippen LogP contribution in [0.3, 0.4) is 0 Å². The van der Waals surface area contributed by atoms with Gasteiger partial charge in [-0.15, -0.1) is 0 Å². The van der Waals surface area contributed by atoms with Crippen LogP contribution >= 0.6 is 11.8 Å². The highest BCUT2D eigenvalue weighted by Gasteiger charge is 2.44. The molecule has 6 nitrogen and oxygen atoms in total. The van der Waals surface area contributed by atoms with E-state index in [9.17, 15) is 20.1 Å². The van der Waals surface area contributed by atoms with Crippen LogP contribution in [0, 0.1) is 45.8 Å². The van der Waals surface area contributed by atoms with Crippen LogP contribution < -0.4 is 5.32 Å². The monoisotopic (exact) mass is 376 g/mol. The first kappa shape index (κ1) is 22.1. The molecule has 1 aliphatic rings. The Morgan fingerprint density at radius 3 is 2.19 bits per heavy atom. The van der Waals surface area contributed by atoms with Crippen molar-refractivity contribution in [1.82, 2.24) is 10.2 Å². The normalized spacial score (nSPS) is 19.2. The maximum Gasteiger partial charge on any atom is 0.243 e. The van der Waals surface area contributed by atoms with E-state index in [1.807, 2.05) is 11.0 Å². The lowest BCUT2D eigenvalue weighted by molar-refractivity contribution is -0.129. The van der Waals surface area contributed by atoms with Crippen molar-refractivity contribution in [1.29, 1.82) is 10.5 Å². The van der Waals surface area contributed by atoms with Gasteiger partial charge in [-0.2, -0.15) is 10.5 Å². The largest absolute Gasteiger partial charge is 0.341 e. The van der Waals surface area contributed by atoms with E-state index in [0.29, 0.717) is 35.5 Å². The molecule has 0 fully saturated rings. The summed E-state index contributed by atoms with van der Waals surface area (Å²) < 4.78 is 0. The summed E-state index contributed by atoms with van der Waals surface area (Å²) >= 11 is 1.16. The first-order valence-electron chi connectivity index (χ1n) is 8.80. The fourth-order valence-corrected chi connectivity index (χ4v) is 4.00. The first-order valence-corrected chi connectivity index (χ1v) is 9.79. The average Bonchev–Trinajstić information content (AvgIpc) is 2.50. The van der Waals surface area contributed by atoms with Gasteiger partial charge in [-0.3, -0.25) is 9.59 Å². The van der Waals surface area contributed by atoms with Crippen molar-refractivity contribution in [2.75, 3.05) is 18.8 Å². The maximum absolute atomic E-state index is 12.6. The molecule has 0 unspecified atom stereocenters. The van der Waals surface area contributed by atoms with E-state index >= 15 is 0 Å². The summed E-state index contributed by atoms with van der Waals surface area (Å²) in [6.45, 7) is 13.0. The lowest BCUT2D eigenvalue weighted by Crippen LogP contribution is -2.45. The molecule has 0 spiro atoms. The zero-order valence-corrected chi connectivity index (χ0v) is 17.2. The van der Waals surface area contributed by atoms with Gasteiger partial charge in [-0.25, -0.2) is 0 Å². The SMILES string of the molecule is CC(C)CN(CC(C)C)C(=O)CSC1=C(C#N)C(C)(C)[C@H](C#N)C(=O)N1. The van der Waals surface area contributed by atoms with E-state index in [0.717, 1.165) is 11.8 Å². The fraction of sp³-hybridized carbons (Fsp3) is 0.684. The Morgan fingerprint density at radius 2 is 1.77 bits per heavy atom. The van der Waals surface area contributed by atoms with E-state index in [-0.39, 0.29) is 11.7 Å². The van der Waals surface area contributed by atoms with Crippen LogP contribution in [-0.2, 0) is 9.59 Å². The van der Waals surface area contributed by atoms with E-state index in [1.165, 1.54) is 0 Å². The van der Waals surface area contributed by atoms with Gasteiger partial charge in [0, 0.05) is 18.5 Å². The molecule has 0 aliphatic carbocycles. The van der Waals surface area contributed by atoms with Gasteiger partial charge in [0.2, 0.25) is 11.8 Å². The van der Waals surface area contributed by atoms with Crippen LogP contribution in [0.5, 0.6) is 0 Å². The van der Waals surface area contributed by atoms with Crippen LogP contribution in [-0.4, -0.2) is 35.6 Å². The van der Waals surface area contributed by atoms with Crippen LogP contribution in [0.4, 0.5) is 0 Å². The Balaban J connectivity index is 2.97. The van der Waals surface area contributed by atoms with Crippen molar-refractivity contribution >= 4 is 23.6 Å². The highest BCUT2D eigenvalue weighted by molar-refractivity contribution is 8.03. The zero-order chi connectivity index (χ0) is 20.1. The maximum atomic E-state index is 12.6. The molecule has 2 amide bonds. The van der Waals surface area contributed by atoms with Gasteiger partial charge in [-0.05, 0) is 11.8 Å². The molecule has 1 aliphatic heterocycles. The average molecular weight is 377 g/mol. The molecule has 26 heavy (non-hydrogen) atoms. The zero-order valence-electron chi connectivity index (χ0n) is 16.4. The molecule has 1 atom stereocenters. The number of rotatable bonds is 7. The molecular formula is C19H28N4O2S. The van der Waals surface area contributed by atoms with E-state index in [2.05, 4.69) is 39.1 Å². The smallest absolute Gasteiger partial charge is 0.243 e. The van der Waals surface area contributed by atoms with Crippen LogP contribution in [0.1, 0.15) is 41.5 Å². The minimum atomic E-state index is -0.921. The van der Waals surface area contributed by atoms with E-state index in [4.69, 9.17) is 0 Å². The Kier molecular flexibility index (Phi) is 7.71. The summed E-state index contributed by atoms with van der Waals surface area (Å²) in [6, 6.07) is 4.09. The quantitative estimate of drug-likeness (QED) is 0.737. The van der Waals surface area contributed by atoms with Crippen molar-refractivity contribution in [3.8, 4) is 12.1 Å². The summed E-state index contributed by atoms with van der Waals surface area (Å²) in [5.74, 6) is -0.490. The Bertz CT molecular complexity index is 658. The Morgan fingerprint density at radius 1 is 1.23 bits per heavy atom. The molecule has 0 aromatic heterocycles. The number of carbonyl (C=O) groups excluding carboxylic acids is 2. The molecule has 1 rings (SSSR count). The molecule has 7 heteroatoms. The number of nitriles is 2. The lowest BCUT2D eigenvalue weighted by atomic mass is 9.72. The molecule has 0 aromatic rings. The third-order valence-electron chi connectivity index (χ3n) is 4.20. The predicted octanol–water partition coefficient (Wildman–Crippen LogP) is 2.89. The highest BCUT2D eigenvalue weighted by Crippen LogP contribution is 2.41. The Hall–Kier alpha value is -1.99. The number of nitrogens with zero attached hydrogens (tertiary/aromatic N) is 3. The molecule has 1 N–H and O–H groups in total. The van der Waals surface area contributed by atoms with Crippen LogP contribution in [0.2, 0.25) is 0 Å². The molecule has 142 valence electrons. The summed E-state index contributed by atoms with van der Waals surface area (Å²) in [4.78, 5) is 26.7. The fourth-order valence-electron chi connectivity index (χ4n) is 2.92. The number of carbonyl (C=O) groups is 2. The van der Waals surface area contributed by atoms with Gasteiger partial charge in [0.05, 0.1) is 28.5 Å². The molecule has 0 saturated carbocycles. The van der Waals surface area contributed by atoms with Gasteiger partial charge < -0.3 is 10.2 Å². The van der Waals surface area contributed by atoms with Crippen molar-refractivity contribution in [2.24, 2.45) is 23.2 Å². The van der Waals surface area contributed by atoms with Crippen molar-refractivity contribution < 1.29 is 9.59 Å². The van der Waals surface area contributed by atoms with E-state index in [1.54, 1.807) is 13.8 Å². The van der Waals surface area contributed by atoms with Gasteiger partial charge >= 0.3 is 0 Å². The van der Waals surface area contributed by atoms with Crippen molar-refractivity contribution in [2.45, 2.75) is 41.5 Å². The molecule has 0 bridgehead atoms. The number of nitrogens with one attached hydrogen (secondary N) is 1. The van der Waals surface area contributed by atoms with Gasteiger partial charge in [0.25, 0.3) is 0 Å². The summed E-state index contributed by atoms with van der Waals surface area (Å²) in [5, 5.41) is 21.8. The molecule has 0 radical (unpaired) electrons. The van der Waals surface area contributed by atoms with Crippen LogP contribution in [0.25, 0.3) is 0 Å². The molecule has 0 saturated heterocycles. The predicted molar refractivity (Wildman–Crippen MR) is 102 cm³/mol. The van der Waals surface area contributed by atoms with E-state index < -0.39 is 17.2 Å². The number of hydrogen-bond donors (Lipinski definition) is 1. The second kappa shape index (κ2) is 9.09. The Labute approximate surface area is 160 Å². The van der Waals surface area contributed by atoms with Gasteiger partial charge in [0.15, 0.2) is 0 Å². The second-order valence-electron chi connectivity index (χ2n) is 7.96. The van der Waals surface area contributed by atoms with Gasteiger partial charge in [-0.1, -0.05) is 53.3 Å². The highest BCUT2D eigenvalue weighted by atomic mass is 32.2. The number of amides is 2. The molecule has 0 aromatic carbocycles. The van der Waals surface area contributed by atoms with Crippen LogP contribution in [0.15, 0.2) is 10.6 Å². The number of hydrogen-bond acceptors (Lipinski definition) is 5. The first-order chi connectivity index (χ1) is 12.0. The number of thioether (sulfide) groups is 1. The van der Waals surface area contributed by atoms with Crippen molar-refractivity contribution in [3.05, 3.63) is 10.6 Å². The second-order valence-corrected chi connectivity index (χ2v) is 8.95. The number of allylic oxidation sites excluding steroid dienone is 1. The summed E-state index contributed by atoms with van der Waals surface area (Å²) in [6.07, 6.45) is 0. The lowest BCUT2D eigenvalue weighted by Gasteiger charge is -2.34. The summed E-state index contributed by atoms with van der Waals surface area (Å²) in [5.41, 5.74) is -0.534. The molecular weight excluding hydrogens is 348 g/mol. The van der Waals surface area contributed by atoms with Crippen molar-refractivity contribution in [3.63, 3.8) is 0 Å². The standard InChI is InChI=1S/C19H28N4O2S/c1-12(2)9-23(10-13(3)4)16(24)11-26-18-15(8-21)19(5,6)14(7-20)17(25)22-18/h12-14H,9-11H2,1-6H3,(H,22,25)/t14-/m1/s1. The third-order valence-corrected chi connectivity index (χ3v) is 5.18. The molecule has 1 heterocycles. The third kappa shape index (κ3) is 5.25. The topological polar surface area (TPSA) is 97.0 Å². The minimum absolute atomic E-state index is 0.0170. The minimum Gasteiger partial charge on any atom is -0.341 e.